The Morgan fingerprint density at radius 3 is 2.37 bits per heavy atom. The van der Waals surface area contributed by atoms with E-state index in [1.807, 2.05) is 71.5 Å². The highest BCUT2D eigenvalue weighted by Crippen LogP contribution is 2.36. The van der Waals surface area contributed by atoms with E-state index in [9.17, 15) is 9.59 Å². The van der Waals surface area contributed by atoms with Crippen LogP contribution in [0.4, 0.5) is 0 Å². The molecule has 0 aliphatic heterocycles. The van der Waals surface area contributed by atoms with Gasteiger partial charge in [0.05, 0.1) is 6.54 Å². The van der Waals surface area contributed by atoms with Crippen LogP contribution in [0.15, 0.2) is 85.2 Å². The normalized spacial score (nSPS) is 11.8. The van der Waals surface area contributed by atoms with Crippen LogP contribution in [0, 0.1) is 0 Å². The van der Waals surface area contributed by atoms with Crippen LogP contribution in [0.3, 0.4) is 0 Å². The number of carbonyl (C=O) groups excluding carboxylic acids is 2. The first-order valence-electron chi connectivity index (χ1n) is 9.81. The molecule has 5 rings (SSSR count). The maximum absolute atomic E-state index is 12.8. The topological polar surface area (TPSA) is 64.0 Å². The van der Waals surface area contributed by atoms with Crippen LogP contribution in [0.25, 0.3) is 11.1 Å². The summed E-state index contributed by atoms with van der Waals surface area (Å²) in [6.45, 7) is 1.05. The molecule has 1 aliphatic rings. The van der Waals surface area contributed by atoms with E-state index in [4.69, 9.17) is 0 Å². The molecular weight excluding hydrogens is 374 g/mol. The summed E-state index contributed by atoms with van der Waals surface area (Å²) in [6, 6.07) is 22.7. The fourth-order valence-corrected chi connectivity index (χ4v) is 3.90. The molecule has 1 aromatic heterocycles. The SMILES string of the molecule is O=C(NCc1ccccc1Cn1cccn1)c1ccc2c(c1)C(=O)c1ccccc1-2. The molecule has 30 heavy (non-hydrogen) atoms. The number of carbonyl (C=O) groups is 2. The van der Waals surface area contributed by atoms with Crippen LogP contribution < -0.4 is 5.32 Å². The molecular formula is C25H19N3O2. The number of ketones is 1. The Kier molecular flexibility index (Phi) is 4.48. The van der Waals surface area contributed by atoms with Gasteiger partial charge in [0, 0.05) is 35.6 Å². The number of hydrogen-bond acceptors (Lipinski definition) is 3. The van der Waals surface area contributed by atoms with E-state index in [0.29, 0.717) is 29.8 Å². The number of hydrogen-bond donors (Lipinski definition) is 1. The number of rotatable bonds is 5. The first-order chi connectivity index (χ1) is 14.7. The summed E-state index contributed by atoms with van der Waals surface area (Å²) in [5.74, 6) is -0.227. The van der Waals surface area contributed by atoms with Crippen molar-refractivity contribution in [1.29, 1.82) is 0 Å². The van der Waals surface area contributed by atoms with Crippen LogP contribution >= 0.6 is 0 Å². The minimum atomic E-state index is -0.199. The van der Waals surface area contributed by atoms with Crippen LogP contribution in [0.5, 0.6) is 0 Å². The zero-order chi connectivity index (χ0) is 20.5. The zero-order valence-corrected chi connectivity index (χ0v) is 16.2. The van der Waals surface area contributed by atoms with Gasteiger partial charge in [0.2, 0.25) is 0 Å². The Hall–Kier alpha value is -3.99. The first kappa shape index (κ1) is 18.1. The van der Waals surface area contributed by atoms with Gasteiger partial charge < -0.3 is 5.32 Å². The molecule has 0 unspecified atom stereocenters. The van der Waals surface area contributed by atoms with Crippen molar-refractivity contribution in [2.45, 2.75) is 13.1 Å². The lowest BCUT2D eigenvalue weighted by Crippen LogP contribution is -2.24. The Bertz CT molecular complexity index is 1260. The lowest BCUT2D eigenvalue weighted by atomic mass is 10.0. The summed E-state index contributed by atoms with van der Waals surface area (Å²) >= 11 is 0. The Morgan fingerprint density at radius 2 is 1.57 bits per heavy atom. The van der Waals surface area contributed by atoms with Crippen molar-refractivity contribution in [3.05, 3.63) is 113 Å². The van der Waals surface area contributed by atoms with Crippen molar-refractivity contribution in [2.75, 3.05) is 0 Å². The van der Waals surface area contributed by atoms with Gasteiger partial charge in [-0.05, 0) is 40.5 Å². The molecule has 5 heteroatoms. The number of fused-ring (bicyclic) bond motifs is 3. The van der Waals surface area contributed by atoms with Gasteiger partial charge in [0.15, 0.2) is 5.78 Å². The second-order valence-electron chi connectivity index (χ2n) is 7.29. The van der Waals surface area contributed by atoms with Crippen molar-refractivity contribution in [2.24, 2.45) is 0 Å². The third-order valence-electron chi connectivity index (χ3n) is 5.44. The first-order valence-corrected chi connectivity index (χ1v) is 9.81. The molecule has 5 nitrogen and oxygen atoms in total. The van der Waals surface area contributed by atoms with Crippen molar-refractivity contribution in [1.82, 2.24) is 15.1 Å². The predicted molar refractivity (Wildman–Crippen MR) is 114 cm³/mol. The largest absolute Gasteiger partial charge is 0.348 e. The minimum absolute atomic E-state index is 0.0279. The third-order valence-corrected chi connectivity index (χ3v) is 5.44. The van der Waals surface area contributed by atoms with Gasteiger partial charge in [-0.3, -0.25) is 14.3 Å². The quantitative estimate of drug-likeness (QED) is 0.490. The van der Waals surface area contributed by atoms with Gasteiger partial charge in [-0.1, -0.05) is 54.6 Å². The summed E-state index contributed by atoms with van der Waals surface area (Å²) in [5.41, 5.74) is 5.71. The number of nitrogens with one attached hydrogen (secondary N) is 1. The molecule has 0 radical (unpaired) electrons. The average molecular weight is 393 g/mol. The molecule has 0 spiro atoms. The molecule has 1 N–H and O–H groups in total. The highest BCUT2D eigenvalue weighted by Gasteiger charge is 2.27. The summed E-state index contributed by atoms with van der Waals surface area (Å²) in [6.07, 6.45) is 3.66. The van der Waals surface area contributed by atoms with Gasteiger partial charge >= 0.3 is 0 Å². The number of benzene rings is 3. The Morgan fingerprint density at radius 1 is 0.833 bits per heavy atom. The molecule has 0 fully saturated rings. The average Bonchev–Trinajstić information content (AvgIpc) is 3.39. The van der Waals surface area contributed by atoms with Crippen LogP contribution in [0.2, 0.25) is 0 Å². The minimum Gasteiger partial charge on any atom is -0.348 e. The van der Waals surface area contributed by atoms with Crippen molar-refractivity contribution >= 4 is 11.7 Å². The molecule has 3 aromatic carbocycles. The summed E-state index contributed by atoms with van der Waals surface area (Å²) < 4.78 is 1.85. The smallest absolute Gasteiger partial charge is 0.251 e. The lowest BCUT2D eigenvalue weighted by molar-refractivity contribution is 0.0951. The predicted octanol–water partition coefficient (Wildman–Crippen LogP) is 4.07. The third kappa shape index (κ3) is 3.20. The number of amides is 1. The molecule has 4 aromatic rings. The van der Waals surface area contributed by atoms with Gasteiger partial charge in [-0.25, -0.2) is 0 Å². The molecule has 1 aliphatic carbocycles. The van der Waals surface area contributed by atoms with E-state index in [0.717, 1.165) is 22.3 Å². The maximum atomic E-state index is 12.8. The lowest BCUT2D eigenvalue weighted by Gasteiger charge is -2.11. The summed E-state index contributed by atoms with van der Waals surface area (Å²) in [7, 11) is 0. The van der Waals surface area contributed by atoms with Crippen LogP contribution in [-0.2, 0) is 13.1 Å². The second kappa shape index (κ2) is 7.44. The van der Waals surface area contributed by atoms with Gasteiger partial charge in [-0.2, -0.15) is 5.10 Å². The highest BCUT2D eigenvalue weighted by atomic mass is 16.1. The monoisotopic (exact) mass is 393 g/mol. The van der Waals surface area contributed by atoms with Crippen molar-refractivity contribution < 1.29 is 9.59 Å². The summed E-state index contributed by atoms with van der Waals surface area (Å²) in [4.78, 5) is 25.5. The van der Waals surface area contributed by atoms with E-state index in [1.165, 1.54) is 0 Å². The highest BCUT2D eigenvalue weighted by molar-refractivity contribution is 6.22. The molecule has 0 bridgehead atoms. The Labute approximate surface area is 174 Å². The number of nitrogens with zero attached hydrogens (tertiary/aromatic N) is 2. The molecule has 1 amide bonds. The number of aromatic nitrogens is 2. The maximum Gasteiger partial charge on any atom is 0.251 e. The molecule has 1 heterocycles. The van der Waals surface area contributed by atoms with Gasteiger partial charge in [0.1, 0.15) is 0 Å². The molecule has 0 saturated carbocycles. The van der Waals surface area contributed by atoms with Crippen LogP contribution in [0.1, 0.15) is 37.4 Å². The fourth-order valence-electron chi connectivity index (χ4n) is 3.90. The van der Waals surface area contributed by atoms with E-state index in [2.05, 4.69) is 10.4 Å². The van der Waals surface area contributed by atoms with E-state index < -0.39 is 0 Å². The van der Waals surface area contributed by atoms with Crippen molar-refractivity contribution in [3.63, 3.8) is 0 Å². The van der Waals surface area contributed by atoms with E-state index in [1.54, 1.807) is 18.3 Å². The summed E-state index contributed by atoms with van der Waals surface area (Å²) in [5, 5.41) is 7.23. The van der Waals surface area contributed by atoms with E-state index >= 15 is 0 Å². The molecule has 0 atom stereocenters. The van der Waals surface area contributed by atoms with Crippen molar-refractivity contribution in [3.8, 4) is 11.1 Å². The standard InChI is InChI=1S/C25H19N3O2/c29-24-22-9-4-3-8-20(22)21-11-10-17(14-23(21)24)25(30)26-15-18-6-1-2-7-19(18)16-28-13-5-12-27-28/h1-14H,15-16H2,(H,26,30). The molecule has 146 valence electrons. The van der Waals surface area contributed by atoms with Gasteiger partial charge in [-0.15, -0.1) is 0 Å². The van der Waals surface area contributed by atoms with E-state index in [-0.39, 0.29) is 11.7 Å². The molecule has 0 saturated heterocycles. The van der Waals surface area contributed by atoms with Crippen LogP contribution in [-0.4, -0.2) is 21.5 Å². The Balaban J connectivity index is 1.34. The zero-order valence-electron chi connectivity index (χ0n) is 16.2. The second-order valence-corrected chi connectivity index (χ2v) is 7.29. The fraction of sp³-hybridized carbons (Fsp3) is 0.0800. The van der Waals surface area contributed by atoms with Gasteiger partial charge in [0.25, 0.3) is 5.91 Å².